The van der Waals surface area contributed by atoms with E-state index in [1.807, 2.05) is 72.8 Å². The third-order valence-electron chi connectivity index (χ3n) is 9.20. The van der Waals surface area contributed by atoms with Crippen LogP contribution in [0.25, 0.3) is 22.3 Å². The van der Waals surface area contributed by atoms with Crippen LogP contribution in [0, 0.1) is 0 Å². The van der Waals surface area contributed by atoms with Crippen LogP contribution in [0.4, 0.5) is 4.79 Å². The van der Waals surface area contributed by atoms with Crippen LogP contribution in [0.2, 0.25) is 0 Å². The van der Waals surface area contributed by atoms with Gasteiger partial charge in [0.25, 0.3) is 0 Å². The molecule has 10 nitrogen and oxygen atoms in total. The van der Waals surface area contributed by atoms with Crippen LogP contribution in [-0.2, 0) is 29.1 Å². The highest BCUT2D eigenvalue weighted by Crippen LogP contribution is 2.45. The van der Waals surface area contributed by atoms with E-state index in [1.165, 1.54) is 41.3 Å². The van der Waals surface area contributed by atoms with E-state index in [-0.39, 0.29) is 42.3 Å². The number of sulfonamides is 1. The SMILES string of the molecule is CC(=O)OCC1c2ccccc2-c2ccccc21.O=C(N[C@@H](CCNS(=O)(=O)c1ccc(Br)cc1)C(=O)O)OCC1c2ccccc2-c2ccccc21. The van der Waals surface area contributed by atoms with Crippen molar-refractivity contribution in [2.75, 3.05) is 19.8 Å². The van der Waals surface area contributed by atoms with Gasteiger partial charge in [-0.15, -0.1) is 0 Å². The molecule has 272 valence electrons. The maximum atomic E-state index is 12.4. The van der Waals surface area contributed by atoms with Crippen molar-refractivity contribution in [3.8, 4) is 22.3 Å². The number of alkyl carbamates (subject to hydrolysis) is 1. The van der Waals surface area contributed by atoms with Crippen molar-refractivity contribution in [3.63, 3.8) is 0 Å². The number of hydrogen-bond acceptors (Lipinski definition) is 7. The fourth-order valence-corrected chi connectivity index (χ4v) is 8.03. The van der Waals surface area contributed by atoms with E-state index in [2.05, 4.69) is 50.2 Å². The van der Waals surface area contributed by atoms with Crippen LogP contribution < -0.4 is 10.0 Å². The number of benzene rings is 5. The molecule has 12 heteroatoms. The number of carbonyl (C=O) groups is 3. The summed E-state index contributed by atoms with van der Waals surface area (Å²) >= 11 is 3.24. The van der Waals surface area contributed by atoms with Gasteiger partial charge in [0, 0.05) is 29.8 Å². The number of carbonyl (C=O) groups excluding carboxylic acids is 2. The monoisotopic (exact) mass is 796 g/mol. The summed E-state index contributed by atoms with van der Waals surface area (Å²) in [4.78, 5) is 35.1. The number of fused-ring (bicyclic) bond motifs is 6. The first-order chi connectivity index (χ1) is 25.5. The molecular formula is C41H37BrN2O8S. The lowest BCUT2D eigenvalue weighted by atomic mass is 9.98. The smallest absolute Gasteiger partial charge is 0.407 e. The molecule has 0 radical (unpaired) electrons. The highest BCUT2D eigenvalue weighted by molar-refractivity contribution is 9.10. The summed E-state index contributed by atoms with van der Waals surface area (Å²) in [7, 11) is -3.81. The second-order valence-electron chi connectivity index (χ2n) is 12.5. The topological polar surface area (TPSA) is 148 Å². The molecule has 2 aliphatic carbocycles. The van der Waals surface area contributed by atoms with Gasteiger partial charge in [-0.2, -0.15) is 0 Å². The summed E-state index contributed by atoms with van der Waals surface area (Å²) in [5.41, 5.74) is 9.25. The van der Waals surface area contributed by atoms with E-state index < -0.39 is 28.1 Å². The first-order valence-corrected chi connectivity index (χ1v) is 19.2. The van der Waals surface area contributed by atoms with Crippen LogP contribution in [0.3, 0.4) is 0 Å². The van der Waals surface area contributed by atoms with Gasteiger partial charge in [-0.05, 0) is 75.2 Å². The molecule has 0 heterocycles. The highest BCUT2D eigenvalue weighted by Gasteiger charge is 2.31. The molecule has 0 fully saturated rings. The Bertz CT molecular complexity index is 2150. The Labute approximate surface area is 316 Å². The predicted molar refractivity (Wildman–Crippen MR) is 204 cm³/mol. The van der Waals surface area contributed by atoms with Gasteiger partial charge in [0.2, 0.25) is 10.0 Å². The zero-order valence-corrected chi connectivity index (χ0v) is 31.1. The van der Waals surface area contributed by atoms with Gasteiger partial charge in [-0.1, -0.05) is 113 Å². The maximum Gasteiger partial charge on any atom is 0.407 e. The second kappa shape index (κ2) is 16.6. The lowest BCUT2D eigenvalue weighted by Crippen LogP contribution is -2.43. The zero-order chi connectivity index (χ0) is 37.5. The molecule has 1 amide bonds. The third kappa shape index (κ3) is 8.68. The fourth-order valence-electron chi connectivity index (χ4n) is 6.71. The van der Waals surface area contributed by atoms with Gasteiger partial charge < -0.3 is 19.9 Å². The van der Waals surface area contributed by atoms with E-state index in [0.29, 0.717) is 6.61 Å². The van der Waals surface area contributed by atoms with Crippen LogP contribution in [-0.4, -0.2) is 57.4 Å². The Balaban J connectivity index is 0.000000222. The van der Waals surface area contributed by atoms with Crippen LogP contribution in [0.5, 0.6) is 0 Å². The Morgan fingerprint density at radius 3 is 1.51 bits per heavy atom. The van der Waals surface area contributed by atoms with E-state index >= 15 is 0 Å². The largest absolute Gasteiger partial charge is 0.480 e. The molecule has 0 bridgehead atoms. The van der Waals surface area contributed by atoms with Gasteiger partial charge >= 0.3 is 18.0 Å². The molecule has 1 atom stereocenters. The summed E-state index contributed by atoms with van der Waals surface area (Å²) in [6.07, 6.45) is -1.04. The van der Waals surface area contributed by atoms with Gasteiger partial charge in [0.1, 0.15) is 19.3 Å². The molecule has 3 N–H and O–H groups in total. The van der Waals surface area contributed by atoms with Crippen molar-refractivity contribution in [1.82, 2.24) is 10.0 Å². The molecule has 0 saturated heterocycles. The van der Waals surface area contributed by atoms with Crippen molar-refractivity contribution >= 4 is 44.0 Å². The van der Waals surface area contributed by atoms with Gasteiger partial charge in [-0.3, -0.25) is 4.79 Å². The van der Waals surface area contributed by atoms with Crippen LogP contribution in [0.1, 0.15) is 47.4 Å². The number of carboxylic acid groups (broad SMARTS) is 1. The average Bonchev–Trinajstić information content (AvgIpc) is 3.65. The minimum atomic E-state index is -3.81. The summed E-state index contributed by atoms with van der Waals surface area (Å²) in [6, 6.07) is 37.1. The first kappa shape index (κ1) is 37.5. The van der Waals surface area contributed by atoms with Crippen molar-refractivity contribution in [2.45, 2.75) is 36.1 Å². The lowest BCUT2D eigenvalue weighted by molar-refractivity contribution is -0.141. The molecule has 7 rings (SSSR count). The summed E-state index contributed by atoms with van der Waals surface area (Å²) < 4.78 is 38.4. The van der Waals surface area contributed by atoms with Crippen molar-refractivity contribution in [1.29, 1.82) is 0 Å². The molecule has 0 spiro atoms. The molecule has 0 unspecified atom stereocenters. The second-order valence-corrected chi connectivity index (χ2v) is 15.2. The Hall–Kier alpha value is -5.30. The Morgan fingerprint density at radius 1 is 0.679 bits per heavy atom. The summed E-state index contributed by atoms with van der Waals surface area (Å²) in [5.74, 6) is -1.51. The number of ether oxygens (including phenoxy) is 2. The quantitative estimate of drug-likeness (QED) is 0.117. The number of hydrogen-bond donors (Lipinski definition) is 3. The molecule has 0 aliphatic heterocycles. The molecule has 5 aromatic carbocycles. The molecule has 0 saturated carbocycles. The van der Waals surface area contributed by atoms with Gasteiger partial charge in [0.15, 0.2) is 0 Å². The average molecular weight is 798 g/mol. The number of rotatable bonds is 11. The third-order valence-corrected chi connectivity index (χ3v) is 11.2. The summed E-state index contributed by atoms with van der Waals surface area (Å²) in [6.45, 7) is 1.73. The van der Waals surface area contributed by atoms with E-state index in [1.54, 1.807) is 12.1 Å². The zero-order valence-electron chi connectivity index (χ0n) is 28.7. The minimum absolute atomic E-state index is 0.0440. The number of amides is 1. The van der Waals surface area contributed by atoms with E-state index in [4.69, 9.17) is 9.47 Å². The number of aliphatic carboxylic acids is 1. The molecular weight excluding hydrogens is 760 g/mol. The first-order valence-electron chi connectivity index (χ1n) is 16.9. The number of nitrogens with one attached hydrogen (secondary N) is 2. The number of carboxylic acids is 1. The van der Waals surface area contributed by atoms with Crippen LogP contribution in [0.15, 0.2) is 131 Å². The Kier molecular flexibility index (Phi) is 11.7. The molecule has 2 aliphatic rings. The molecule has 0 aromatic heterocycles. The van der Waals surface area contributed by atoms with Crippen LogP contribution >= 0.6 is 15.9 Å². The standard InChI is InChI=1S/C25H23BrN2O6S.C16H14O2/c26-16-9-11-17(12-10-16)35(32,33)27-14-13-23(24(29)30)28-25(31)34-15-22-20-7-3-1-5-18(20)19-6-2-4-8-21(19)22;1-11(17)18-10-16-14-8-4-2-6-12(14)13-7-3-5-9-15(13)16/h1-12,22-23,27H,13-15H2,(H,28,31)(H,29,30);2-9,16H,10H2,1H3/t23-;/m0./s1. The van der Waals surface area contributed by atoms with Crippen molar-refractivity contribution < 1.29 is 37.4 Å². The van der Waals surface area contributed by atoms with E-state index in [0.717, 1.165) is 26.7 Å². The number of halogens is 1. The molecule has 53 heavy (non-hydrogen) atoms. The highest BCUT2D eigenvalue weighted by atomic mass is 79.9. The number of esters is 1. The van der Waals surface area contributed by atoms with Crippen molar-refractivity contribution in [3.05, 3.63) is 148 Å². The summed E-state index contributed by atoms with van der Waals surface area (Å²) in [5, 5.41) is 11.8. The van der Waals surface area contributed by atoms with E-state index in [9.17, 15) is 27.9 Å². The normalized spacial score (nSPS) is 13.3. The Morgan fingerprint density at radius 2 is 1.09 bits per heavy atom. The maximum absolute atomic E-state index is 12.4. The minimum Gasteiger partial charge on any atom is -0.480 e. The molecule has 5 aromatic rings. The fraction of sp³-hybridized carbons (Fsp3) is 0.195. The lowest BCUT2D eigenvalue weighted by Gasteiger charge is -2.17. The van der Waals surface area contributed by atoms with Gasteiger partial charge in [0.05, 0.1) is 4.90 Å². The van der Waals surface area contributed by atoms with Gasteiger partial charge in [-0.25, -0.2) is 22.7 Å². The predicted octanol–water partition coefficient (Wildman–Crippen LogP) is 7.47. The van der Waals surface area contributed by atoms with Crippen molar-refractivity contribution in [2.24, 2.45) is 0 Å².